The fourth-order valence-corrected chi connectivity index (χ4v) is 3.87. The minimum atomic E-state index is -0.239. The maximum Gasteiger partial charge on any atom is 0.188 e. The number of aromatic nitrogens is 2. The van der Waals surface area contributed by atoms with Crippen molar-refractivity contribution in [2.45, 2.75) is 6.42 Å². The fourth-order valence-electron chi connectivity index (χ4n) is 3.04. The molecule has 1 fully saturated rings. The highest BCUT2D eigenvalue weighted by Crippen LogP contribution is 2.30. The smallest absolute Gasteiger partial charge is 0.188 e. The summed E-state index contributed by atoms with van der Waals surface area (Å²) in [4.78, 5) is 10.1. The summed E-state index contributed by atoms with van der Waals surface area (Å²) < 4.78 is 18.7. The molecule has 1 aromatic carbocycles. The van der Waals surface area contributed by atoms with Crippen molar-refractivity contribution in [3.05, 3.63) is 60.2 Å². The fraction of sp³-hybridized carbons (Fsp3) is 0.300. The van der Waals surface area contributed by atoms with Gasteiger partial charge in [-0.05, 0) is 36.2 Å². The standard InChI is InChI=1S/C20H21FN4OS/c21-16-6-4-15(5-7-16)18-12-23-20(27-18)25-19-3-1-2-17(24-19)10-14-11-22-8-9-26-13-14/h1-7,12,14,22H,8-11,13H2,(H,23,24,25)/t14-/m0/s1. The second-order valence-electron chi connectivity index (χ2n) is 6.52. The molecule has 2 aromatic heterocycles. The summed E-state index contributed by atoms with van der Waals surface area (Å²) in [6.07, 6.45) is 2.67. The summed E-state index contributed by atoms with van der Waals surface area (Å²) in [7, 11) is 0. The number of nitrogens with zero attached hydrogens (tertiary/aromatic N) is 2. The highest BCUT2D eigenvalue weighted by atomic mass is 32.1. The Morgan fingerprint density at radius 1 is 1.22 bits per heavy atom. The summed E-state index contributed by atoms with van der Waals surface area (Å²) in [5, 5.41) is 7.43. The maximum absolute atomic E-state index is 13.1. The number of halogens is 1. The summed E-state index contributed by atoms with van der Waals surface area (Å²) in [5.74, 6) is 0.965. The zero-order valence-corrected chi connectivity index (χ0v) is 15.6. The van der Waals surface area contributed by atoms with Gasteiger partial charge in [-0.2, -0.15) is 0 Å². The third kappa shape index (κ3) is 4.88. The molecule has 27 heavy (non-hydrogen) atoms. The minimum Gasteiger partial charge on any atom is -0.380 e. The lowest BCUT2D eigenvalue weighted by Gasteiger charge is -2.13. The summed E-state index contributed by atoms with van der Waals surface area (Å²) in [5.41, 5.74) is 1.98. The van der Waals surface area contributed by atoms with E-state index in [1.54, 1.807) is 18.3 Å². The number of hydrogen-bond donors (Lipinski definition) is 2. The van der Waals surface area contributed by atoms with E-state index in [0.29, 0.717) is 5.92 Å². The van der Waals surface area contributed by atoms with Crippen molar-refractivity contribution < 1.29 is 9.13 Å². The number of hydrogen-bond acceptors (Lipinski definition) is 6. The molecule has 140 valence electrons. The number of thiazole rings is 1. The number of ether oxygens (including phenoxy) is 1. The van der Waals surface area contributed by atoms with Gasteiger partial charge in [-0.1, -0.05) is 29.5 Å². The first-order chi connectivity index (χ1) is 13.3. The molecule has 3 aromatic rings. The summed E-state index contributed by atoms with van der Waals surface area (Å²) >= 11 is 1.52. The molecule has 2 N–H and O–H groups in total. The molecule has 1 atom stereocenters. The Morgan fingerprint density at radius 3 is 3.00 bits per heavy atom. The van der Waals surface area contributed by atoms with Crippen molar-refractivity contribution in [1.29, 1.82) is 0 Å². The van der Waals surface area contributed by atoms with E-state index in [1.807, 2.05) is 18.2 Å². The van der Waals surface area contributed by atoms with Crippen molar-refractivity contribution in [3.8, 4) is 10.4 Å². The van der Waals surface area contributed by atoms with Gasteiger partial charge in [0.25, 0.3) is 0 Å². The molecule has 0 amide bonds. The number of benzene rings is 1. The number of nitrogens with one attached hydrogen (secondary N) is 2. The van der Waals surface area contributed by atoms with Crippen molar-refractivity contribution in [2.75, 3.05) is 31.6 Å². The lowest BCUT2D eigenvalue weighted by atomic mass is 10.0. The number of anilines is 2. The molecular weight excluding hydrogens is 363 g/mol. The molecule has 7 heteroatoms. The Hall–Kier alpha value is -2.35. The highest BCUT2D eigenvalue weighted by molar-refractivity contribution is 7.18. The molecule has 1 aliphatic heterocycles. The lowest BCUT2D eigenvalue weighted by Crippen LogP contribution is -2.24. The third-order valence-electron chi connectivity index (χ3n) is 4.38. The molecule has 4 rings (SSSR count). The second-order valence-corrected chi connectivity index (χ2v) is 7.56. The van der Waals surface area contributed by atoms with E-state index in [1.165, 1.54) is 23.5 Å². The van der Waals surface area contributed by atoms with E-state index in [-0.39, 0.29) is 5.82 Å². The Labute approximate surface area is 161 Å². The highest BCUT2D eigenvalue weighted by Gasteiger charge is 2.14. The number of rotatable bonds is 5. The molecule has 1 aliphatic rings. The van der Waals surface area contributed by atoms with Crippen LogP contribution < -0.4 is 10.6 Å². The normalized spacial score (nSPS) is 17.4. The molecule has 0 unspecified atom stereocenters. The molecule has 3 heterocycles. The Kier molecular flexibility index (Phi) is 5.72. The van der Waals surface area contributed by atoms with Gasteiger partial charge in [0.2, 0.25) is 0 Å². The quantitative estimate of drug-likeness (QED) is 0.699. The Balaban J connectivity index is 1.43. The van der Waals surface area contributed by atoms with Crippen molar-refractivity contribution in [3.63, 3.8) is 0 Å². The van der Waals surface area contributed by atoms with Crippen LogP contribution in [0.5, 0.6) is 0 Å². The van der Waals surface area contributed by atoms with Crippen LogP contribution in [0.25, 0.3) is 10.4 Å². The zero-order valence-electron chi connectivity index (χ0n) is 14.8. The van der Waals surface area contributed by atoms with Gasteiger partial charge in [-0.15, -0.1) is 0 Å². The van der Waals surface area contributed by atoms with E-state index in [4.69, 9.17) is 9.72 Å². The largest absolute Gasteiger partial charge is 0.380 e. The van der Waals surface area contributed by atoms with E-state index in [9.17, 15) is 4.39 Å². The molecule has 0 aliphatic carbocycles. The van der Waals surface area contributed by atoms with Crippen LogP contribution in [0.1, 0.15) is 5.69 Å². The Morgan fingerprint density at radius 2 is 2.11 bits per heavy atom. The predicted molar refractivity (Wildman–Crippen MR) is 106 cm³/mol. The maximum atomic E-state index is 13.1. The summed E-state index contributed by atoms with van der Waals surface area (Å²) in [6.45, 7) is 3.39. The molecule has 0 radical (unpaired) electrons. The van der Waals surface area contributed by atoms with Crippen LogP contribution in [0.3, 0.4) is 0 Å². The van der Waals surface area contributed by atoms with Crippen molar-refractivity contribution in [2.24, 2.45) is 5.92 Å². The van der Waals surface area contributed by atoms with Crippen molar-refractivity contribution in [1.82, 2.24) is 15.3 Å². The van der Waals surface area contributed by atoms with Gasteiger partial charge in [-0.25, -0.2) is 14.4 Å². The van der Waals surface area contributed by atoms with E-state index >= 15 is 0 Å². The van der Waals surface area contributed by atoms with Crippen LogP contribution in [0, 0.1) is 11.7 Å². The Bertz CT molecular complexity index is 876. The molecular formula is C20H21FN4OS. The van der Waals surface area contributed by atoms with Crippen LogP contribution in [-0.4, -0.2) is 36.3 Å². The minimum absolute atomic E-state index is 0.239. The molecule has 0 bridgehead atoms. The van der Waals surface area contributed by atoms with Crippen LogP contribution in [0.4, 0.5) is 15.3 Å². The molecule has 0 saturated carbocycles. The predicted octanol–water partition coefficient (Wildman–Crippen LogP) is 3.87. The van der Waals surface area contributed by atoms with Crippen LogP contribution >= 0.6 is 11.3 Å². The first-order valence-corrected chi connectivity index (χ1v) is 9.81. The average Bonchev–Trinajstić information content (AvgIpc) is 2.98. The van der Waals surface area contributed by atoms with E-state index < -0.39 is 0 Å². The second kappa shape index (κ2) is 8.56. The zero-order chi connectivity index (χ0) is 18.5. The van der Waals surface area contributed by atoms with Gasteiger partial charge >= 0.3 is 0 Å². The number of pyridine rings is 1. The molecule has 0 spiro atoms. The van der Waals surface area contributed by atoms with Crippen LogP contribution in [0.15, 0.2) is 48.7 Å². The van der Waals surface area contributed by atoms with Gasteiger partial charge in [0.1, 0.15) is 11.6 Å². The van der Waals surface area contributed by atoms with Gasteiger partial charge in [0, 0.05) is 30.9 Å². The first kappa shape index (κ1) is 18.0. The van der Waals surface area contributed by atoms with Gasteiger partial charge in [0.05, 0.1) is 18.1 Å². The summed E-state index contributed by atoms with van der Waals surface area (Å²) in [6, 6.07) is 12.4. The van der Waals surface area contributed by atoms with Gasteiger partial charge < -0.3 is 15.4 Å². The van der Waals surface area contributed by atoms with Gasteiger partial charge in [0.15, 0.2) is 5.13 Å². The molecule has 1 saturated heterocycles. The molecule has 5 nitrogen and oxygen atoms in total. The van der Waals surface area contributed by atoms with E-state index in [0.717, 1.165) is 59.8 Å². The monoisotopic (exact) mass is 384 g/mol. The third-order valence-corrected chi connectivity index (χ3v) is 5.35. The average molecular weight is 384 g/mol. The lowest BCUT2D eigenvalue weighted by molar-refractivity contribution is 0.123. The van der Waals surface area contributed by atoms with Crippen molar-refractivity contribution >= 4 is 22.3 Å². The SMILES string of the molecule is Fc1ccc(-c2cnc(Nc3cccc(C[C@H]4CNCCOC4)n3)s2)cc1. The van der Waals surface area contributed by atoms with Crippen LogP contribution in [-0.2, 0) is 11.2 Å². The van der Waals surface area contributed by atoms with Crippen LogP contribution in [0.2, 0.25) is 0 Å². The first-order valence-electron chi connectivity index (χ1n) is 8.99. The van der Waals surface area contributed by atoms with Gasteiger partial charge in [-0.3, -0.25) is 0 Å². The van der Waals surface area contributed by atoms with E-state index in [2.05, 4.69) is 15.6 Å². The topological polar surface area (TPSA) is 59.1 Å².